The zero-order chi connectivity index (χ0) is 38.8. The molecular weight excluding hydrogens is 679 g/mol. The average Bonchev–Trinajstić information content (AvgIpc) is 3.08. The second-order valence-corrected chi connectivity index (χ2v) is 11.1. The summed E-state index contributed by atoms with van der Waals surface area (Å²) in [4.78, 5) is 48.7. The van der Waals surface area contributed by atoms with E-state index in [1.54, 1.807) is 6.92 Å². The Balaban J connectivity index is -0.0000000636. The molecule has 5 rings (SSSR count). The van der Waals surface area contributed by atoms with E-state index in [9.17, 15) is 19.2 Å². The number of hydrogen-bond donors (Lipinski definition) is 4. The quantitative estimate of drug-likeness (QED) is 0.202. The summed E-state index contributed by atoms with van der Waals surface area (Å²) in [6.07, 6.45) is 8.06. The molecule has 0 aromatic rings. The fourth-order valence-electron chi connectivity index (χ4n) is 4.76. The van der Waals surface area contributed by atoms with E-state index in [4.69, 9.17) is 5.73 Å². The Morgan fingerprint density at radius 3 is 1.33 bits per heavy atom. The molecule has 5 aliphatic rings. The Morgan fingerprint density at radius 1 is 0.722 bits per heavy atom. The molecule has 4 unspecified atom stereocenters. The largest absolute Gasteiger partial charge is 0.338 e. The first kappa shape index (κ1) is 73.1. The molecule has 54 heavy (non-hydrogen) atoms. The van der Waals surface area contributed by atoms with E-state index in [1.165, 1.54) is 25.8 Å². The lowest BCUT2D eigenvalue weighted by Gasteiger charge is -2.44. The lowest BCUT2D eigenvalue weighted by Crippen LogP contribution is -2.62. The van der Waals surface area contributed by atoms with Gasteiger partial charge in [0.1, 0.15) is 5.78 Å². The van der Waals surface area contributed by atoms with Crippen molar-refractivity contribution < 1.29 is 19.2 Å². The second kappa shape index (κ2) is 50.9. The number of carbonyl (C=O) groups excluding carboxylic acids is 4. The smallest absolute Gasteiger partial charge is 0.236 e. The maximum atomic E-state index is 11.2. The number of likely N-dealkylation sites (tertiary alicyclic amines) is 2. The number of ketones is 1. The van der Waals surface area contributed by atoms with Crippen molar-refractivity contribution in [1.29, 1.82) is 0 Å². The first-order valence-corrected chi connectivity index (χ1v) is 19.8. The topological polar surface area (TPSA) is 140 Å². The SMILES string of the molecule is C.C.C.C.C.CC.CC.CC.CC.CCC(=O)N1CCC1CN.CCC(=O)N1CCC1CNC.CCC(C)=O.CCC1CCN1.O=C1CNCC2CCN12. The molecule has 0 bridgehead atoms. The first-order chi connectivity index (χ1) is 23.7. The monoisotopic (exact) mass is 782 g/mol. The fraction of sp³-hybridized carbons (Fsp3) is 0.907. The Labute approximate surface area is 340 Å². The summed E-state index contributed by atoms with van der Waals surface area (Å²) in [7, 11) is 1.92. The van der Waals surface area contributed by atoms with Gasteiger partial charge in [-0.25, -0.2) is 0 Å². The zero-order valence-electron chi connectivity index (χ0n) is 34.7. The highest BCUT2D eigenvalue weighted by molar-refractivity contribution is 5.80. The number of likely N-dealkylation sites (N-methyl/N-ethyl adjacent to an activating group) is 1. The Morgan fingerprint density at radius 2 is 1.15 bits per heavy atom. The third kappa shape index (κ3) is 31.2. The van der Waals surface area contributed by atoms with Crippen LogP contribution >= 0.6 is 0 Å². The normalized spacial score (nSPS) is 19.5. The standard InChI is InChI=1S/C8H16N2O.C7H14N2O.C6H10N2O.C5H11N.C4H8O.4C2H6.5CH4/c1-3-8(11)10-5-4-7(10)6-9-2;1-2-7(10)9-4-3-6(9)5-8;9-6-4-7-3-5-1-2-8(5)6;1-2-5-3-4-6-5;1-3-4(2)5;4*1-2;;;;;/h7,9H,3-6H2,1-2H3;6H,2-5,8H2,1H3;5,7H,1-4H2;5-6H,2-4H2,1H3;3H2,1-2H3;4*1-2H3;5*1H4. The molecule has 3 amide bonds. The van der Waals surface area contributed by atoms with E-state index >= 15 is 0 Å². The van der Waals surface area contributed by atoms with E-state index < -0.39 is 0 Å². The minimum atomic E-state index is 0. The van der Waals surface area contributed by atoms with Gasteiger partial charge in [0.15, 0.2) is 0 Å². The molecule has 4 atom stereocenters. The van der Waals surface area contributed by atoms with Crippen molar-refractivity contribution in [3.05, 3.63) is 0 Å². The minimum absolute atomic E-state index is 0. The molecule has 5 aliphatic heterocycles. The van der Waals surface area contributed by atoms with Gasteiger partial charge in [0, 0.05) is 82.7 Å². The van der Waals surface area contributed by atoms with Crippen molar-refractivity contribution in [2.45, 2.75) is 203 Å². The highest BCUT2D eigenvalue weighted by Gasteiger charge is 2.34. The zero-order valence-corrected chi connectivity index (χ0v) is 34.7. The van der Waals surface area contributed by atoms with Crippen molar-refractivity contribution in [3.8, 4) is 0 Å². The molecule has 11 heteroatoms. The molecule has 0 aromatic heterocycles. The molecule has 334 valence electrons. The summed E-state index contributed by atoms with van der Waals surface area (Å²) < 4.78 is 0. The van der Waals surface area contributed by atoms with Crippen LogP contribution in [0.5, 0.6) is 0 Å². The van der Waals surface area contributed by atoms with Crippen LogP contribution in [0.3, 0.4) is 0 Å². The summed E-state index contributed by atoms with van der Waals surface area (Å²) in [5.74, 6) is 1.06. The van der Waals surface area contributed by atoms with Crippen LogP contribution in [0, 0.1) is 0 Å². The number of Topliss-reactive ketones (excluding diaryl/α,β-unsaturated/α-hetero) is 1. The van der Waals surface area contributed by atoms with Crippen molar-refractivity contribution >= 4 is 23.5 Å². The highest BCUT2D eigenvalue weighted by atomic mass is 16.2. The van der Waals surface area contributed by atoms with E-state index in [1.807, 2.05) is 97.9 Å². The van der Waals surface area contributed by atoms with Crippen LogP contribution < -0.4 is 21.7 Å². The number of rotatable bonds is 7. The van der Waals surface area contributed by atoms with Crippen LogP contribution in [-0.2, 0) is 19.2 Å². The lowest BCUT2D eigenvalue weighted by molar-refractivity contribution is -0.141. The third-order valence-corrected chi connectivity index (χ3v) is 8.28. The number of nitrogens with one attached hydrogen (secondary N) is 3. The van der Waals surface area contributed by atoms with Crippen LogP contribution in [-0.4, -0.2) is 122 Å². The highest BCUT2D eigenvalue weighted by Crippen LogP contribution is 2.19. The minimum Gasteiger partial charge on any atom is -0.338 e. The number of nitrogens with zero attached hydrogens (tertiary/aromatic N) is 3. The predicted octanol–water partition coefficient (Wildman–Crippen LogP) is 8.39. The molecule has 11 nitrogen and oxygen atoms in total. The lowest BCUT2D eigenvalue weighted by atomic mass is 10.0. The van der Waals surface area contributed by atoms with Gasteiger partial charge in [-0.3, -0.25) is 14.4 Å². The molecular formula is C43H103N7O4. The van der Waals surface area contributed by atoms with Gasteiger partial charge < -0.3 is 41.2 Å². The molecule has 0 aromatic carbocycles. The van der Waals surface area contributed by atoms with Crippen LogP contribution in [0.2, 0.25) is 0 Å². The van der Waals surface area contributed by atoms with E-state index in [0.29, 0.717) is 50.5 Å². The fourth-order valence-corrected chi connectivity index (χ4v) is 4.76. The van der Waals surface area contributed by atoms with Gasteiger partial charge in [-0.1, -0.05) is 120 Å². The van der Waals surface area contributed by atoms with Gasteiger partial charge in [0.2, 0.25) is 17.7 Å². The van der Waals surface area contributed by atoms with Crippen LogP contribution in [0.1, 0.15) is 179 Å². The van der Waals surface area contributed by atoms with Crippen molar-refractivity contribution in [1.82, 2.24) is 30.7 Å². The number of hydrogen-bond acceptors (Lipinski definition) is 8. The predicted molar refractivity (Wildman–Crippen MR) is 244 cm³/mol. The number of nitrogens with two attached hydrogens (primary N) is 1. The van der Waals surface area contributed by atoms with Gasteiger partial charge in [0.05, 0.1) is 6.54 Å². The Hall–Kier alpha value is -2.08. The Bertz CT molecular complexity index is 793. The Kier molecular flexibility index (Phi) is 68.9. The summed E-state index contributed by atoms with van der Waals surface area (Å²) in [5.41, 5.74) is 5.42. The molecule has 0 saturated carbocycles. The van der Waals surface area contributed by atoms with E-state index in [-0.39, 0.29) is 60.6 Å². The summed E-state index contributed by atoms with van der Waals surface area (Å²) in [5, 5.41) is 9.45. The van der Waals surface area contributed by atoms with Crippen LogP contribution in [0.15, 0.2) is 0 Å². The number of carbonyl (C=O) groups is 4. The maximum Gasteiger partial charge on any atom is 0.236 e. The molecule has 5 heterocycles. The summed E-state index contributed by atoms with van der Waals surface area (Å²) in [6.45, 7) is 32.7. The molecule has 0 aliphatic carbocycles. The molecule has 0 radical (unpaired) electrons. The number of piperazine rings is 1. The van der Waals surface area contributed by atoms with Crippen LogP contribution in [0.4, 0.5) is 0 Å². The van der Waals surface area contributed by atoms with Gasteiger partial charge >= 0.3 is 0 Å². The van der Waals surface area contributed by atoms with Gasteiger partial charge in [0.25, 0.3) is 0 Å². The first-order valence-electron chi connectivity index (χ1n) is 19.8. The summed E-state index contributed by atoms with van der Waals surface area (Å²) in [6, 6.07) is 2.20. The van der Waals surface area contributed by atoms with E-state index in [0.717, 1.165) is 51.6 Å². The second-order valence-electron chi connectivity index (χ2n) is 11.1. The molecule has 5 saturated heterocycles. The van der Waals surface area contributed by atoms with Crippen molar-refractivity contribution in [2.24, 2.45) is 5.73 Å². The molecule has 5 N–H and O–H groups in total. The average molecular weight is 782 g/mol. The van der Waals surface area contributed by atoms with Crippen molar-refractivity contribution in [2.75, 3.05) is 59.4 Å². The van der Waals surface area contributed by atoms with Gasteiger partial charge in [-0.05, 0) is 52.6 Å². The number of amides is 3. The van der Waals surface area contributed by atoms with Crippen molar-refractivity contribution in [3.63, 3.8) is 0 Å². The maximum absolute atomic E-state index is 11.2. The molecule has 5 fully saturated rings. The van der Waals surface area contributed by atoms with E-state index in [2.05, 4.69) is 22.9 Å². The van der Waals surface area contributed by atoms with Crippen LogP contribution in [0.25, 0.3) is 0 Å². The van der Waals surface area contributed by atoms with Gasteiger partial charge in [-0.15, -0.1) is 0 Å². The van der Waals surface area contributed by atoms with Gasteiger partial charge in [-0.2, -0.15) is 0 Å². The third-order valence-electron chi connectivity index (χ3n) is 8.28. The summed E-state index contributed by atoms with van der Waals surface area (Å²) >= 11 is 0. The molecule has 0 spiro atoms. The number of fused-ring (bicyclic) bond motifs is 1.